The number of hydrogen-bond donors (Lipinski definition) is 1. The van der Waals surface area contributed by atoms with Gasteiger partial charge < -0.3 is 10.1 Å². The highest BCUT2D eigenvalue weighted by Crippen LogP contribution is 2.30. The first kappa shape index (κ1) is 20.6. The molecule has 0 unspecified atom stereocenters. The summed E-state index contributed by atoms with van der Waals surface area (Å²) in [6, 6.07) is 28.1. The maximum absolute atomic E-state index is 12.9. The number of benzene rings is 3. The number of aromatic nitrogens is 2. The molecule has 1 N–H and O–H groups in total. The Labute approximate surface area is 195 Å². The molecule has 1 amide bonds. The van der Waals surface area contributed by atoms with Gasteiger partial charge in [-0.2, -0.15) is 0 Å². The highest BCUT2D eigenvalue weighted by atomic mass is 32.1. The Morgan fingerprint density at radius 3 is 2.48 bits per heavy atom. The summed E-state index contributed by atoms with van der Waals surface area (Å²) < 4.78 is 5.84. The number of carbonyl (C=O) groups is 1. The molecule has 0 saturated carbocycles. The smallest absolute Gasteiger partial charge is 0.255 e. The molecule has 160 valence electrons. The van der Waals surface area contributed by atoms with Crippen molar-refractivity contribution in [3.63, 3.8) is 0 Å². The van der Waals surface area contributed by atoms with Crippen LogP contribution in [0.1, 0.15) is 10.4 Å². The van der Waals surface area contributed by atoms with Gasteiger partial charge in [-0.15, -0.1) is 11.3 Å². The van der Waals surface area contributed by atoms with E-state index in [2.05, 4.69) is 10.3 Å². The summed E-state index contributed by atoms with van der Waals surface area (Å²) in [6.45, 7) is 0. The van der Waals surface area contributed by atoms with Crippen LogP contribution in [0.3, 0.4) is 0 Å². The Bertz CT molecular complexity index is 1380. The van der Waals surface area contributed by atoms with Crippen LogP contribution in [-0.2, 0) is 0 Å². The molecular formula is C27H19N3O2S. The number of hydrogen-bond acceptors (Lipinski definition) is 5. The van der Waals surface area contributed by atoms with Crippen LogP contribution < -0.4 is 10.1 Å². The molecule has 0 spiro atoms. The molecule has 6 heteroatoms. The average molecular weight is 450 g/mol. The predicted molar refractivity (Wildman–Crippen MR) is 132 cm³/mol. The summed E-state index contributed by atoms with van der Waals surface area (Å²) in [5, 5.41) is 5.88. The van der Waals surface area contributed by atoms with Crippen molar-refractivity contribution in [3.8, 4) is 33.3 Å². The summed E-state index contributed by atoms with van der Waals surface area (Å²) in [6.07, 6.45) is 3.54. The second-order valence-corrected chi connectivity index (χ2v) is 8.12. The van der Waals surface area contributed by atoms with Gasteiger partial charge in [0.15, 0.2) is 0 Å². The van der Waals surface area contributed by atoms with Crippen LogP contribution in [-0.4, -0.2) is 15.9 Å². The number of pyridine rings is 1. The topological polar surface area (TPSA) is 64.1 Å². The molecule has 0 radical (unpaired) electrons. The Morgan fingerprint density at radius 1 is 0.818 bits per heavy atom. The molecular weight excluding hydrogens is 430 g/mol. The average Bonchev–Trinajstić information content (AvgIpc) is 3.36. The van der Waals surface area contributed by atoms with E-state index in [4.69, 9.17) is 9.72 Å². The van der Waals surface area contributed by atoms with Crippen molar-refractivity contribution in [1.29, 1.82) is 0 Å². The zero-order valence-electron chi connectivity index (χ0n) is 17.5. The Hall–Kier alpha value is -4.29. The monoisotopic (exact) mass is 449 g/mol. The first-order chi connectivity index (χ1) is 16.2. The zero-order valence-corrected chi connectivity index (χ0v) is 18.3. The molecule has 5 aromatic rings. The molecule has 5 rings (SSSR count). The number of thiazole rings is 1. The zero-order chi connectivity index (χ0) is 22.5. The van der Waals surface area contributed by atoms with Gasteiger partial charge in [0, 0.05) is 40.2 Å². The molecule has 0 aliphatic carbocycles. The van der Waals surface area contributed by atoms with E-state index in [-0.39, 0.29) is 5.91 Å². The van der Waals surface area contributed by atoms with Crippen molar-refractivity contribution in [2.75, 3.05) is 5.32 Å². The van der Waals surface area contributed by atoms with Crippen LogP contribution >= 0.6 is 11.3 Å². The molecule has 2 heterocycles. The fourth-order valence-corrected chi connectivity index (χ4v) is 4.13. The first-order valence-corrected chi connectivity index (χ1v) is 11.2. The van der Waals surface area contributed by atoms with E-state index in [1.165, 1.54) is 0 Å². The number of nitrogens with zero attached hydrogens (tertiary/aromatic N) is 2. The van der Waals surface area contributed by atoms with Crippen molar-refractivity contribution in [2.24, 2.45) is 0 Å². The van der Waals surface area contributed by atoms with Gasteiger partial charge in [-0.05, 0) is 54.6 Å². The minimum absolute atomic E-state index is 0.208. The Morgan fingerprint density at radius 2 is 1.64 bits per heavy atom. The maximum atomic E-state index is 12.9. The maximum Gasteiger partial charge on any atom is 0.255 e. The fraction of sp³-hybridized carbons (Fsp3) is 0. The summed E-state index contributed by atoms with van der Waals surface area (Å²) in [5.74, 6) is 1.12. The summed E-state index contributed by atoms with van der Waals surface area (Å²) in [5.41, 5.74) is 3.98. The van der Waals surface area contributed by atoms with Crippen molar-refractivity contribution in [1.82, 2.24) is 9.97 Å². The minimum atomic E-state index is -0.208. The normalized spacial score (nSPS) is 10.5. The van der Waals surface area contributed by atoms with E-state index in [1.807, 2.05) is 78.2 Å². The van der Waals surface area contributed by atoms with Gasteiger partial charge in [0.25, 0.3) is 5.91 Å². The molecule has 0 aliphatic rings. The number of carbonyl (C=O) groups excluding carboxylic acids is 1. The number of amides is 1. The fourth-order valence-electron chi connectivity index (χ4n) is 3.31. The Balaban J connectivity index is 1.32. The second-order valence-electron chi connectivity index (χ2n) is 7.26. The van der Waals surface area contributed by atoms with Gasteiger partial charge >= 0.3 is 0 Å². The van der Waals surface area contributed by atoms with Gasteiger partial charge in [-0.25, -0.2) is 4.98 Å². The van der Waals surface area contributed by atoms with Gasteiger partial charge in [-0.3, -0.25) is 9.78 Å². The molecule has 0 bridgehead atoms. The van der Waals surface area contributed by atoms with E-state index < -0.39 is 0 Å². The molecule has 5 nitrogen and oxygen atoms in total. The lowest BCUT2D eigenvalue weighted by molar-refractivity contribution is 0.102. The van der Waals surface area contributed by atoms with E-state index in [0.717, 1.165) is 27.6 Å². The van der Waals surface area contributed by atoms with E-state index >= 15 is 0 Å². The minimum Gasteiger partial charge on any atom is -0.457 e. The van der Waals surface area contributed by atoms with Crippen molar-refractivity contribution < 1.29 is 9.53 Å². The molecule has 0 saturated heterocycles. The highest BCUT2D eigenvalue weighted by Gasteiger charge is 2.11. The van der Waals surface area contributed by atoms with Gasteiger partial charge in [-0.1, -0.05) is 36.4 Å². The van der Waals surface area contributed by atoms with Crippen LogP contribution in [0, 0.1) is 0 Å². The van der Waals surface area contributed by atoms with Crippen LogP contribution in [0.5, 0.6) is 11.5 Å². The van der Waals surface area contributed by atoms with Gasteiger partial charge in [0.2, 0.25) is 0 Å². The first-order valence-electron chi connectivity index (χ1n) is 10.4. The van der Waals surface area contributed by atoms with Crippen LogP contribution in [0.4, 0.5) is 5.69 Å². The summed E-state index contributed by atoms with van der Waals surface area (Å²) in [4.78, 5) is 21.8. The second kappa shape index (κ2) is 9.46. The van der Waals surface area contributed by atoms with Gasteiger partial charge in [0.1, 0.15) is 16.5 Å². The third kappa shape index (κ3) is 4.97. The lowest BCUT2D eigenvalue weighted by atomic mass is 10.1. The predicted octanol–water partition coefficient (Wildman–Crippen LogP) is 6.92. The third-order valence-corrected chi connectivity index (χ3v) is 5.80. The van der Waals surface area contributed by atoms with Crippen molar-refractivity contribution >= 4 is 22.9 Å². The molecule has 3 aromatic carbocycles. The van der Waals surface area contributed by atoms with E-state index in [1.54, 1.807) is 41.9 Å². The number of rotatable bonds is 6. The van der Waals surface area contributed by atoms with Crippen LogP contribution in [0.15, 0.2) is 109 Å². The molecule has 2 aromatic heterocycles. The van der Waals surface area contributed by atoms with Crippen molar-refractivity contribution in [2.45, 2.75) is 0 Å². The molecule has 0 aliphatic heterocycles. The number of para-hydroxylation sites is 1. The van der Waals surface area contributed by atoms with Crippen LogP contribution in [0.2, 0.25) is 0 Å². The molecule has 0 fully saturated rings. The summed E-state index contributed by atoms with van der Waals surface area (Å²) >= 11 is 1.56. The SMILES string of the molecule is O=C(Nc1cccc(-c2csc(-c3cccnc3)n2)c1)c1cccc(Oc2ccccc2)c1. The number of nitrogens with one attached hydrogen (secondary N) is 1. The van der Waals surface area contributed by atoms with Crippen LogP contribution in [0.25, 0.3) is 21.8 Å². The quantitative estimate of drug-likeness (QED) is 0.306. The summed E-state index contributed by atoms with van der Waals surface area (Å²) in [7, 11) is 0. The van der Waals surface area contributed by atoms with Crippen molar-refractivity contribution in [3.05, 3.63) is 114 Å². The van der Waals surface area contributed by atoms with E-state index in [9.17, 15) is 4.79 Å². The number of anilines is 1. The van der Waals surface area contributed by atoms with Gasteiger partial charge in [0.05, 0.1) is 5.69 Å². The highest BCUT2D eigenvalue weighted by molar-refractivity contribution is 7.13. The lowest BCUT2D eigenvalue weighted by Gasteiger charge is -2.09. The third-order valence-electron chi connectivity index (χ3n) is 4.90. The lowest BCUT2D eigenvalue weighted by Crippen LogP contribution is -2.11. The largest absolute Gasteiger partial charge is 0.457 e. The Kier molecular flexibility index (Phi) is 5.91. The number of ether oxygens (including phenoxy) is 1. The van der Waals surface area contributed by atoms with E-state index in [0.29, 0.717) is 17.0 Å². The molecule has 0 atom stereocenters. The standard InChI is InChI=1S/C27H19N3O2S/c31-26(20-8-5-13-24(16-20)32-23-11-2-1-3-12-23)29-22-10-4-7-19(15-22)25-18-33-27(30-25)21-9-6-14-28-17-21/h1-18H,(H,29,31). The molecule has 33 heavy (non-hydrogen) atoms.